The van der Waals surface area contributed by atoms with Gasteiger partial charge in [-0.3, -0.25) is 9.58 Å². The lowest BCUT2D eigenvalue weighted by Gasteiger charge is -2.33. The molecule has 5 rings (SSSR count). The lowest BCUT2D eigenvalue weighted by Crippen LogP contribution is -2.36. The topological polar surface area (TPSA) is 39.5 Å². The lowest BCUT2D eigenvalue weighted by atomic mass is 10.0. The van der Waals surface area contributed by atoms with E-state index in [1.54, 1.807) is 0 Å². The van der Waals surface area contributed by atoms with Crippen LogP contribution >= 0.6 is 0 Å². The van der Waals surface area contributed by atoms with Crippen molar-refractivity contribution in [2.45, 2.75) is 25.4 Å². The molecule has 1 saturated heterocycles. The van der Waals surface area contributed by atoms with Gasteiger partial charge < -0.3 is 9.47 Å². The van der Waals surface area contributed by atoms with Crippen LogP contribution in [0.15, 0.2) is 48.7 Å². The summed E-state index contributed by atoms with van der Waals surface area (Å²) in [7, 11) is 0. The molecule has 1 unspecified atom stereocenters. The smallest absolute Gasteiger partial charge is 0.161 e. The van der Waals surface area contributed by atoms with E-state index in [4.69, 9.17) is 9.47 Å². The molecule has 134 valence electrons. The van der Waals surface area contributed by atoms with Gasteiger partial charge in [0.2, 0.25) is 0 Å². The monoisotopic (exact) mass is 349 g/mol. The Labute approximate surface area is 153 Å². The van der Waals surface area contributed by atoms with Crippen molar-refractivity contribution < 1.29 is 9.47 Å². The second kappa shape index (κ2) is 6.65. The quantitative estimate of drug-likeness (QED) is 0.724. The van der Waals surface area contributed by atoms with Gasteiger partial charge in [-0.1, -0.05) is 24.3 Å². The highest BCUT2D eigenvalue weighted by Gasteiger charge is 2.23. The summed E-state index contributed by atoms with van der Waals surface area (Å²) in [5.41, 5.74) is 2.51. The lowest BCUT2D eigenvalue weighted by molar-refractivity contribution is 0.162. The third kappa shape index (κ3) is 2.92. The minimum Gasteiger partial charge on any atom is -0.486 e. The van der Waals surface area contributed by atoms with Crippen molar-refractivity contribution in [3.8, 4) is 11.5 Å². The molecular formula is C21H23N3O2. The summed E-state index contributed by atoms with van der Waals surface area (Å²) in [5.74, 6) is 1.74. The Morgan fingerprint density at radius 2 is 1.92 bits per heavy atom. The first-order chi connectivity index (χ1) is 12.9. The Morgan fingerprint density at radius 3 is 2.88 bits per heavy atom. The second-order valence-corrected chi connectivity index (χ2v) is 7.16. The average molecular weight is 349 g/mol. The normalized spacial score (nSPS) is 20.4. The van der Waals surface area contributed by atoms with Gasteiger partial charge in [0.15, 0.2) is 11.5 Å². The molecule has 0 N–H and O–H groups in total. The van der Waals surface area contributed by atoms with E-state index >= 15 is 0 Å². The fraction of sp³-hybridized carbons (Fsp3) is 0.381. The highest BCUT2D eigenvalue weighted by molar-refractivity contribution is 5.78. The minimum absolute atomic E-state index is 0.431. The van der Waals surface area contributed by atoms with Crippen LogP contribution in [0.3, 0.4) is 0 Å². The van der Waals surface area contributed by atoms with E-state index in [2.05, 4.69) is 51.1 Å². The third-order valence-electron chi connectivity index (χ3n) is 5.34. The zero-order chi connectivity index (χ0) is 17.3. The van der Waals surface area contributed by atoms with E-state index in [-0.39, 0.29) is 0 Å². The minimum atomic E-state index is 0.431. The molecule has 0 bridgehead atoms. The number of aromatic nitrogens is 2. The summed E-state index contributed by atoms with van der Waals surface area (Å²) in [4.78, 5) is 2.52. The number of piperidine rings is 1. The molecule has 1 atom stereocenters. The summed E-state index contributed by atoms with van der Waals surface area (Å²) in [6, 6.07) is 15.2. The van der Waals surface area contributed by atoms with Gasteiger partial charge >= 0.3 is 0 Å². The molecule has 0 saturated carbocycles. The number of para-hydroxylation sites is 1. The van der Waals surface area contributed by atoms with Gasteiger partial charge in [0.1, 0.15) is 13.2 Å². The van der Waals surface area contributed by atoms with Crippen molar-refractivity contribution in [3.63, 3.8) is 0 Å². The fourth-order valence-corrected chi connectivity index (χ4v) is 4.10. The summed E-state index contributed by atoms with van der Waals surface area (Å²) in [6.45, 7) is 4.36. The predicted octanol–water partition coefficient (Wildman–Crippen LogP) is 3.64. The standard InChI is InChI=1S/C21H23N3O2/c1-2-6-19-17(4-1)13-22-24(19)18-5-3-9-23(15-18)14-16-7-8-20-21(12-16)26-11-10-25-20/h1-2,4,6-8,12-13,18H,3,5,9-11,14-15H2. The number of rotatable bonds is 3. The Morgan fingerprint density at radius 1 is 1.04 bits per heavy atom. The van der Waals surface area contributed by atoms with Gasteiger partial charge in [-0.2, -0.15) is 5.10 Å². The largest absolute Gasteiger partial charge is 0.486 e. The van der Waals surface area contributed by atoms with Crippen molar-refractivity contribution >= 4 is 10.9 Å². The molecule has 26 heavy (non-hydrogen) atoms. The first kappa shape index (κ1) is 15.7. The van der Waals surface area contributed by atoms with E-state index < -0.39 is 0 Å². The zero-order valence-corrected chi connectivity index (χ0v) is 14.8. The number of hydrogen-bond acceptors (Lipinski definition) is 4. The number of hydrogen-bond donors (Lipinski definition) is 0. The molecular weight excluding hydrogens is 326 g/mol. The summed E-state index contributed by atoms with van der Waals surface area (Å²) in [6.07, 6.45) is 4.36. The summed E-state index contributed by atoms with van der Waals surface area (Å²) < 4.78 is 13.6. The van der Waals surface area contributed by atoms with Crippen LogP contribution < -0.4 is 9.47 Å². The van der Waals surface area contributed by atoms with E-state index in [1.165, 1.54) is 29.3 Å². The molecule has 1 aromatic heterocycles. The van der Waals surface area contributed by atoms with Crippen LogP contribution in [0.5, 0.6) is 11.5 Å². The van der Waals surface area contributed by atoms with Crippen LogP contribution in [0.25, 0.3) is 10.9 Å². The highest BCUT2D eigenvalue weighted by Crippen LogP contribution is 2.32. The van der Waals surface area contributed by atoms with Crippen LogP contribution in [0.1, 0.15) is 24.4 Å². The van der Waals surface area contributed by atoms with Crippen molar-refractivity contribution in [1.82, 2.24) is 14.7 Å². The van der Waals surface area contributed by atoms with E-state index in [1.807, 2.05) is 12.3 Å². The molecule has 5 nitrogen and oxygen atoms in total. The zero-order valence-electron chi connectivity index (χ0n) is 14.8. The number of likely N-dealkylation sites (tertiary alicyclic amines) is 1. The molecule has 3 aromatic rings. The Balaban J connectivity index is 1.33. The maximum atomic E-state index is 5.72. The summed E-state index contributed by atoms with van der Waals surface area (Å²) >= 11 is 0. The molecule has 0 amide bonds. The Kier molecular flexibility index (Phi) is 4.02. The fourth-order valence-electron chi connectivity index (χ4n) is 4.10. The predicted molar refractivity (Wildman–Crippen MR) is 101 cm³/mol. The van der Waals surface area contributed by atoms with Crippen molar-refractivity contribution in [2.24, 2.45) is 0 Å². The van der Waals surface area contributed by atoms with Crippen LogP contribution in [-0.4, -0.2) is 41.0 Å². The number of ether oxygens (including phenoxy) is 2. The SMILES string of the molecule is c1ccc2c(c1)cnn2C1CCCN(Cc2ccc3c(c2)OCCO3)C1. The molecule has 2 aromatic carbocycles. The molecule has 2 aliphatic heterocycles. The Hall–Kier alpha value is -2.53. The van der Waals surface area contributed by atoms with Crippen LogP contribution in [0, 0.1) is 0 Å². The maximum Gasteiger partial charge on any atom is 0.161 e. The third-order valence-corrected chi connectivity index (χ3v) is 5.34. The first-order valence-corrected chi connectivity index (χ1v) is 9.40. The average Bonchev–Trinajstić information content (AvgIpc) is 3.12. The maximum absolute atomic E-state index is 5.72. The van der Waals surface area contributed by atoms with Gasteiger partial charge in [-0.05, 0) is 43.1 Å². The van der Waals surface area contributed by atoms with Gasteiger partial charge in [0.25, 0.3) is 0 Å². The van der Waals surface area contributed by atoms with E-state index in [0.717, 1.165) is 31.1 Å². The van der Waals surface area contributed by atoms with Crippen LogP contribution in [-0.2, 0) is 6.54 Å². The molecule has 0 spiro atoms. The molecule has 2 aliphatic rings. The molecule has 5 heteroatoms. The van der Waals surface area contributed by atoms with Crippen molar-refractivity contribution in [3.05, 3.63) is 54.2 Å². The summed E-state index contributed by atoms with van der Waals surface area (Å²) in [5, 5.41) is 5.89. The van der Waals surface area contributed by atoms with Crippen molar-refractivity contribution in [1.29, 1.82) is 0 Å². The first-order valence-electron chi connectivity index (χ1n) is 9.40. The molecule has 3 heterocycles. The molecule has 0 radical (unpaired) electrons. The molecule has 1 fully saturated rings. The number of fused-ring (bicyclic) bond motifs is 2. The van der Waals surface area contributed by atoms with Crippen LogP contribution in [0.4, 0.5) is 0 Å². The van der Waals surface area contributed by atoms with Crippen molar-refractivity contribution in [2.75, 3.05) is 26.3 Å². The number of nitrogens with zero attached hydrogens (tertiary/aromatic N) is 3. The van der Waals surface area contributed by atoms with Gasteiger partial charge in [0, 0.05) is 18.5 Å². The van der Waals surface area contributed by atoms with E-state index in [9.17, 15) is 0 Å². The number of benzene rings is 2. The Bertz CT molecular complexity index is 921. The van der Waals surface area contributed by atoms with E-state index in [0.29, 0.717) is 19.3 Å². The van der Waals surface area contributed by atoms with Gasteiger partial charge in [0.05, 0.1) is 17.8 Å². The van der Waals surface area contributed by atoms with Crippen LogP contribution in [0.2, 0.25) is 0 Å². The second-order valence-electron chi connectivity index (χ2n) is 7.16. The van der Waals surface area contributed by atoms with Gasteiger partial charge in [-0.25, -0.2) is 0 Å². The molecule has 0 aliphatic carbocycles. The highest BCUT2D eigenvalue weighted by atomic mass is 16.6. The van der Waals surface area contributed by atoms with Gasteiger partial charge in [-0.15, -0.1) is 0 Å².